The van der Waals surface area contributed by atoms with Gasteiger partial charge < -0.3 is 4.74 Å². The molecular weight excluding hydrogens is 481 g/mol. The summed E-state index contributed by atoms with van der Waals surface area (Å²) in [5.41, 5.74) is 2.31. The Morgan fingerprint density at radius 1 is 1.24 bits per heavy atom. The summed E-state index contributed by atoms with van der Waals surface area (Å²) < 4.78 is 49.6. The van der Waals surface area contributed by atoms with Crippen LogP contribution in [0, 0.1) is 0 Å². The molecule has 3 heterocycles. The van der Waals surface area contributed by atoms with Crippen LogP contribution in [0.5, 0.6) is 0 Å². The molecule has 180 valence electrons. The van der Waals surface area contributed by atoms with Crippen LogP contribution in [0.2, 0.25) is 25.7 Å². The first-order valence-corrected chi connectivity index (χ1v) is 15.7. The number of hydrogen-bond acceptors (Lipinski definition) is 5. The molecule has 34 heavy (non-hydrogen) atoms. The number of benzene rings is 1. The van der Waals surface area contributed by atoms with E-state index in [2.05, 4.69) is 29.6 Å². The fourth-order valence-corrected chi connectivity index (χ4v) is 5.59. The molecule has 0 atom stereocenters. The zero-order valence-corrected chi connectivity index (χ0v) is 21.0. The highest BCUT2D eigenvalue weighted by atomic mass is 32.1. The molecule has 0 unspecified atom stereocenters. The van der Waals surface area contributed by atoms with Gasteiger partial charge in [-0.05, 0) is 31.0 Å². The molecule has 1 fully saturated rings. The van der Waals surface area contributed by atoms with Gasteiger partial charge in [0.25, 0.3) is 0 Å². The molecule has 4 aromatic rings. The van der Waals surface area contributed by atoms with Crippen molar-refractivity contribution in [2.75, 3.05) is 6.61 Å². The fourth-order valence-electron chi connectivity index (χ4n) is 3.92. The van der Waals surface area contributed by atoms with Crippen molar-refractivity contribution < 1.29 is 17.9 Å². The molecule has 1 aliphatic rings. The Hall–Kier alpha value is -2.50. The lowest BCUT2D eigenvalue weighted by molar-refractivity contribution is -0.141. The molecule has 0 amide bonds. The van der Waals surface area contributed by atoms with Crippen molar-refractivity contribution in [3.05, 3.63) is 51.6 Å². The largest absolute Gasteiger partial charge is 0.434 e. The summed E-state index contributed by atoms with van der Waals surface area (Å²) in [5, 5.41) is 0. The number of fused-ring (bicyclic) bond motifs is 2. The highest BCUT2D eigenvalue weighted by molar-refractivity contribution is 7.16. The van der Waals surface area contributed by atoms with Crippen LogP contribution in [0.1, 0.15) is 30.1 Å². The van der Waals surface area contributed by atoms with Crippen LogP contribution in [0.25, 0.3) is 27.1 Å². The molecule has 0 saturated heterocycles. The summed E-state index contributed by atoms with van der Waals surface area (Å²) in [6.07, 6.45) is -0.461. The van der Waals surface area contributed by atoms with Gasteiger partial charge in [0.05, 0.1) is 27.8 Å². The minimum atomic E-state index is -4.55. The predicted octanol–water partition coefficient (Wildman–Crippen LogP) is 5.98. The van der Waals surface area contributed by atoms with Crippen LogP contribution in [0.4, 0.5) is 13.2 Å². The Labute approximate surface area is 199 Å². The number of thiazole rings is 1. The highest BCUT2D eigenvalue weighted by Gasteiger charge is 2.35. The second-order valence-corrected chi connectivity index (χ2v) is 16.6. The Kier molecular flexibility index (Phi) is 5.68. The SMILES string of the molecule is C[Si](C)(C)CCOCn1c(=O)sc2cc(-c3c(C4CC4)nc4cnc(C(F)(F)F)cn34)ccc21. The number of halogens is 3. The molecule has 1 aliphatic carbocycles. The number of rotatable bonds is 7. The minimum Gasteiger partial charge on any atom is -0.361 e. The Morgan fingerprint density at radius 3 is 2.68 bits per heavy atom. The van der Waals surface area contributed by atoms with E-state index in [1.54, 1.807) is 4.57 Å². The van der Waals surface area contributed by atoms with Crippen LogP contribution < -0.4 is 4.87 Å². The van der Waals surface area contributed by atoms with Gasteiger partial charge in [0, 0.05) is 32.4 Å². The van der Waals surface area contributed by atoms with Crippen molar-refractivity contribution >= 4 is 35.3 Å². The number of nitrogens with zero attached hydrogens (tertiary/aromatic N) is 4. The number of alkyl halides is 3. The number of ether oxygens (including phenoxy) is 1. The molecule has 1 saturated carbocycles. The second-order valence-electron chi connectivity index (χ2n) is 9.94. The van der Waals surface area contributed by atoms with Gasteiger partial charge in [-0.2, -0.15) is 13.2 Å². The van der Waals surface area contributed by atoms with E-state index >= 15 is 0 Å². The van der Waals surface area contributed by atoms with Gasteiger partial charge in [-0.3, -0.25) is 13.8 Å². The van der Waals surface area contributed by atoms with Gasteiger partial charge in [-0.25, -0.2) is 9.97 Å². The van der Waals surface area contributed by atoms with Gasteiger partial charge in [0.15, 0.2) is 11.3 Å². The van der Waals surface area contributed by atoms with E-state index in [0.29, 0.717) is 17.9 Å². The summed E-state index contributed by atoms with van der Waals surface area (Å²) in [7, 11) is -1.23. The van der Waals surface area contributed by atoms with E-state index < -0.39 is 19.9 Å². The summed E-state index contributed by atoms with van der Waals surface area (Å²) >= 11 is 1.11. The molecule has 0 aliphatic heterocycles. The van der Waals surface area contributed by atoms with Crippen molar-refractivity contribution in [1.82, 2.24) is 18.9 Å². The summed E-state index contributed by atoms with van der Waals surface area (Å²) in [6.45, 7) is 7.61. The van der Waals surface area contributed by atoms with Gasteiger partial charge in [0.2, 0.25) is 0 Å². The molecule has 11 heteroatoms. The molecule has 5 rings (SSSR count). The molecule has 0 radical (unpaired) electrons. The van der Waals surface area contributed by atoms with Crippen molar-refractivity contribution in [3.63, 3.8) is 0 Å². The van der Waals surface area contributed by atoms with E-state index in [4.69, 9.17) is 4.74 Å². The number of imidazole rings is 1. The maximum atomic E-state index is 13.3. The van der Waals surface area contributed by atoms with Crippen molar-refractivity contribution in [3.8, 4) is 11.3 Å². The lowest BCUT2D eigenvalue weighted by Crippen LogP contribution is -2.23. The van der Waals surface area contributed by atoms with Crippen molar-refractivity contribution in [2.24, 2.45) is 0 Å². The van der Waals surface area contributed by atoms with Crippen LogP contribution in [-0.4, -0.2) is 33.6 Å². The van der Waals surface area contributed by atoms with E-state index in [9.17, 15) is 18.0 Å². The molecular formula is C23H25F3N4O2SSi. The van der Waals surface area contributed by atoms with Crippen LogP contribution >= 0.6 is 11.3 Å². The van der Waals surface area contributed by atoms with Crippen LogP contribution in [0.15, 0.2) is 35.4 Å². The highest BCUT2D eigenvalue weighted by Crippen LogP contribution is 2.45. The first kappa shape index (κ1) is 23.2. The minimum absolute atomic E-state index is 0.121. The first-order valence-electron chi connectivity index (χ1n) is 11.2. The maximum absolute atomic E-state index is 13.3. The third-order valence-corrected chi connectivity index (χ3v) is 8.59. The van der Waals surface area contributed by atoms with E-state index in [1.165, 1.54) is 10.6 Å². The molecule has 0 bridgehead atoms. The predicted molar refractivity (Wildman–Crippen MR) is 129 cm³/mol. The maximum Gasteiger partial charge on any atom is 0.434 e. The van der Waals surface area contributed by atoms with Crippen molar-refractivity contribution in [1.29, 1.82) is 0 Å². The zero-order valence-electron chi connectivity index (χ0n) is 19.1. The second kappa shape index (κ2) is 8.31. The lowest BCUT2D eigenvalue weighted by atomic mass is 10.1. The molecule has 0 spiro atoms. The monoisotopic (exact) mass is 506 g/mol. The third kappa shape index (κ3) is 4.56. The van der Waals surface area contributed by atoms with Gasteiger partial charge in [-0.15, -0.1) is 0 Å². The van der Waals surface area contributed by atoms with E-state index in [0.717, 1.165) is 57.9 Å². The Morgan fingerprint density at radius 2 is 2.00 bits per heavy atom. The topological polar surface area (TPSA) is 61.4 Å². The smallest absolute Gasteiger partial charge is 0.361 e. The van der Waals surface area contributed by atoms with Crippen molar-refractivity contribution in [2.45, 2.75) is 57.4 Å². The standard InChI is InChI=1S/C23H25F3N4O2SSi/c1-34(2,3)9-8-32-13-30-16-7-6-15(10-17(16)33-22(30)31)21-20(14-4-5-14)28-19-11-27-18(12-29(19)21)23(24,25)26/h6-7,10-12,14H,4-5,8-9,13H2,1-3H3. The molecule has 6 nitrogen and oxygen atoms in total. The lowest BCUT2D eigenvalue weighted by Gasteiger charge is -2.15. The summed E-state index contributed by atoms with van der Waals surface area (Å²) in [5.74, 6) is 0.225. The Balaban J connectivity index is 1.54. The summed E-state index contributed by atoms with van der Waals surface area (Å²) in [6, 6.07) is 6.56. The van der Waals surface area contributed by atoms with Gasteiger partial charge >= 0.3 is 11.0 Å². The molecule has 0 N–H and O–H groups in total. The fraction of sp³-hybridized carbons (Fsp3) is 0.435. The first-order chi connectivity index (χ1) is 16.0. The average molecular weight is 507 g/mol. The number of hydrogen-bond donors (Lipinski definition) is 0. The van der Waals surface area contributed by atoms with Gasteiger partial charge in [-0.1, -0.05) is 37.0 Å². The van der Waals surface area contributed by atoms with E-state index in [1.807, 2.05) is 18.2 Å². The quantitative estimate of drug-likeness (QED) is 0.229. The summed E-state index contributed by atoms with van der Waals surface area (Å²) in [4.78, 5) is 20.7. The number of aromatic nitrogens is 4. The Bertz CT molecular complexity index is 1430. The van der Waals surface area contributed by atoms with Gasteiger partial charge in [0.1, 0.15) is 6.73 Å². The normalized spacial score (nSPS) is 15.0. The zero-order chi connectivity index (χ0) is 24.3. The average Bonchev–Trinajstić information content (AvgIpc) is 3.45. The van der Waals surface area contributed by atoms with Crippen LogP contribution in [-0.2, 0) is 17.6 Å². The molecule has 1 aromatic carbocycles. The molecule has 3 aromatic heterocycles. The van der Waals surface area contributed by atoms with E-state index in [-0.39, 0.29) is 17.5 Å². The van der Waals surface area contributed by atoms with Crippen LogP contribution in [0.3, 0.4) is 0 Å². The third-order valence-electron chi connectivity index (χ3n) is 5.95.